The minimum atomic E-state index is -0.0413. The van der Waals surface area contributed by atoms with Crippen molar-refractivity contribution < 1.29 is 9.53 Å². The zero-order valence-corrected chi connectivity index (χ0v) is 13.5. The van der Waals surface area contributed by atoms with E-state index in [1.165, 1.54) is 29.7 Å². The average Bonchev–Trinajstić information content (AvgIpc) is 2.70. The molecule has 1 N–H and O–H groups in total. The first kappa shape index (κ1) is 15.8. The molecule has 1 aromatic rings. The lowest BCUT2D eigenvalue weighted by molar-refractivity contribution is 0.0955. The normalized spacial score (nSPS) is 16.3. The van der Waals surface area contributed by atoms with Crippen LogP contribution >= 0.6 is 22.9 Å². The van der Waals surface area contributed by atoms with Crippen molar-refractivity contribution in [3.63, 3.8) is 0 Å². The Kier molecular flexibility index (Phi) is 6.33. The first-order valence-electron chi connectivity index (χ1n) is 7.23. The number of carbonyl (C=O) groups excluding carboxylic acids is 1. The molecule has 1 aliphatic carbocycles. The number of fused-ring (bicyclic) bond motifs is 1. The van der Waals surface area contributed by atoms with E-state index in [0.29, 0.717) is 13.2 Å². The van der Waals surface area contributed by atoms with Crippen molar-refractivity contribution >= 4 is 28.8 Å². The van der Waals surface area contributed by atoms with Gasteiger partial charge in [-0.05, 0) is 43.7 Å². The van der Waals surface area contributed by atoms with Crippen molar-refractivity contribution in [2.24, 2.45) is 0 Å². The van der Waals surface area contributed by atoms with E-state index in [2.05, 4.69) is 11.4 Å². The van der Waals surface area contributed by atoms with Crippen LogP contribution in [0.4, 0.5) is 0 Å². The fraction of sp³-hybridized carbons (Fsp3) is 0.667. The van der Waals surface area contributed by atoms with Crippen LogP contribution in [0.3, 0.4) is 0 Å². The number of aryl methyl sites for hydroxylation is 2. The Hall–Kier alpha value is -0.580. The van der Waals surface area contributed by atoms with Gasteiger partial charge in [0.1, 0.15) is 0 Å². The molecule has 20 heavy (non-hydrogen) atoms. The van der Waals surface area contributed by atoms with Crippen molar-refractivity contribution in [1.82, 2.24) is 5.32 Å². The van der Waals surface area contributed by atoms with Crippen LogP contribution in [0, 0.1) is 0 Å². The Morgan fingerprint density at radius 2 is 2.25 bits per heavy atom. The maximum Gasteiger partial charge on any atom is 0.261 e. The second-order valence-corrected chi connectivity index (χ2v) is 6.97. The first-order valence-corrected chi connectivity index (χ1v) is 8.48. The summed E-state index contributed by atoms with van der Waals surface area (Å²) >= 11 is 7.69. The summed E-state index contributed by atoms with van der Waals surface area (Å²) in [5.74, 6) is 0.0318. The van der Waals surface area contributed by atoms with Crippen LogP contribution in [0.2, 0.25) is 0 Å². The second kappa shape index (κ2) is 8.01. The monoisotopic (exact) mass is 315 g/mol. The molecule has 0 radical (unpaired) electrons. The van der Waals surface area contributed by atoms with Gasteiger partial charge in [-0.1, -0.05) is 6.42 Å². The molecule has 0 bridgehead atoms. The molecule has 1 unspecified atom stereocenters. The van der Waals surface area contributed by atoms with Crippen molar-refractivity contribution in [3.8, 4) is 0 Å². The molecule has 5 heteroatoms. The number of alkyl halides is 1. The van der Waals surface area contributed by atoms with Gasteiger partial charge >= 0.3 is 0 Å². The van der Waals surface area contributed by atoms with E-state index in [9.17, 15) is 4.79 Å². The summed E-state index contributed by atoms with van der Waals surface area (Å²) in [6, 6.07) is 2.08. The number of thiophene rings is 1. The summed E-state index contributed by atoms with van der Waals surface area (Å²) in [4.78, 5) is 14.4. The molecule has 1 amide bonds. The van der Waals surface area contributed by atoms with Gasteiger partial charge < -0.3 is 10.1 Å². The quantitative estimate of drug-likeness (QED) is 0.645. The summed E-state index contributed by atoms with van der Waals surface area (Å²) in [7, 11) is 1.63. The maximum absolute atomic E-state index is 12.1. The SMILES string of the molecule is COCC(Cl)CCNC(=O)c1cc2c(s1)CCCCC2. The van der Waals surface area contributed by atoms with E-state index in [1.54, 1.807) is 18.4 Å². The summed E-state index contributed by atoms with van der Waals surface area (Å²) in [6.45, 7) is 1.11. The maximum atomic E-state index is 12.1. The van der Waals surface area contributed by atoms with Crippen LogP contribution in [0.5, 0.6) is 0 Å². The van der Waals surface area contributed by atoms with Gasteiger partial charge in [-0.15, -0.1) is 22.9 Å². The van der Waals surface area contributed by atoms with E-state index >= 15 is 0 Å². The number of amides is 1. The van der Waals surface area contributed by atoms with Crippen LogP contribution in [-0.4, -0.2) is 31.5 Å². The molecule has 1 atom stereocenters. The molecule has 1 aromatic heterocycles. The minimum Gasteiger partial charge on any atom is -0.383 e. The predicted octanol–water partition coefficient (Wildman–Crippen LogP) is 3.39. The van der Waals surface area contributed by atoms with E-state index in [4.69, 9.17) is 16.3 Å². The average molecular weight is 316 g/mol. The van der Waals surface area contributed by atoms with E-state index in [0.717, 1.165) is 24.1 Å². The molecule has 0 aromatic carbocycles. The van der Waals surface area contributed by atoms with Gasteiger partial charge in [0, 0.05) is 18.5 Å². The topological polar surface area (TPSA) is 38.3 Å². The lowest BCUT2D eigenvalue weighted by Crippen LogP contribution is -2.26. The summed E-state index contributed by atoms with van der Waals surface area (Å²) in [5, 5.41) is 2.90. The molecule has 1 aliphatic rings. The zero-order valence-electron chi connectivity index (χ0n) is 11.9. The molecular weight excluding hydrogens is 294 g/mol. The number of ether oxygens (including phenoxy) is 1. The largest absolute Gasteiger partial charge is 0.383 e. The first-order chi connectivity index (χ1) is 9.70. The van der Waals surface area contributed by atoms with Gasteiger partial charge in [0.2, 0.25) is 0 Å². The lowest BCUT2D eigenvalue weighted by atomic mass is 10.1. The molecule has 3 nitrogen and oxygen atoms in total. The fourth-order valence-corrected chi connectivity index (χ4v) is 3.88. The van der Waals surface area contributed by atoms with Gasteiger partial charge in [-0.3, -0.25) is 4.79 Å². The molecule has 0 aliphatic heterocycles. The molecular formula is C15H22ClNO2S. The Balaban J connectivity index is 1.83. The summed E-state index contributed by atoms with van der Waals surface area (Å²) < 4.78 is 4.97. The molecule has 0 fully saturated rings. The standard InChI is InChI=1S/C15H22ClNO2S/c1-19-10-12(16)7-8-17-15(18)14-9-11-5-3-2-4-6-13(11)20-14/h9,12H,2-8,10H2,1H3,(H,17,18). The Morgan fingerprint density at radius 3 is 3.05 bits per heavy atom. The number of halogens is 1. The highest BCUT2D eigenvalue weighted by molar-refractivity contribution is 7.14. The molecule has 0 saturated heterocycles. The zero-order chi connectivity index (χ0) is 14.4. The lowest BCUT2D eigenvalue weighted by Gasteiger charge is -2.08. The highest BCUT2D eigenvalue weighted by atomic mass is 35.5. The third-order valence-corrected chi connectivity index (χ3v) is 5.14. The molecule has 0 spiro atoms. The smallest absolute Gasteiger partial charge is 0.261 e. The summed E-state index contributed by atoms with van der Waals surface area (Å²) in [6.07, 6.45) is 6.78. The van der Waals surface area contributed by atoms with Crippen LogP contribution in [-0.2, 0) is 17.6 Å². The van der Waals surface area contributed by atoms with Gasteiger partial charge in [-0.25, -0.2) is 0 Å². The van der Waals surface area contributed by atoms with Crippen molar-refractivity contribution in [1.29, 1.82) is 0 Å². The van der Waals surface area contributed by atoms with Gasteiger partial charge in [0.25, 0.3) is 5.91 Å². The van der Waals surface area contributed by atoms with E-state index in [-0.39, 0.29) is 11.3 Å². The van der Waals surface area contributed by atoms with Gasteiger partial charge in [-0.2, -0.15) is 0 Å². The van der Waals surface area contributed by atoms with Crippen LogP contribution in [0.25, 0.3) is 0 Å². The number of carbonyl (C=O) groups is 1. The second-order valence-electron chi connectivity index (χ2n) is 5.22. The van der Waals surface area contributed by atoms with Crippen LogP contribution < -0.4 is 5.32 Å². The number of rotatable bonds is 6. The van der Waals surface area contributed by atoms with Crippen LogP contribution in [0.1, 0.15) is 45.8 Å². The van der Waals surface area contributed by atoms with Gasteiger partial charge in [0.15, 0.2) is 0 Å². The Labute approximate surface area is 129 Å². The number of hydrogen-bond donors (Lipinski definition) is 1. The number of nitrogens with one attached hydrogen (secondary N) is 1. The van der Waals surface area contributed by atoms with Crippen molar-refractivity contribution in [2.45, 2.75) is 43.9 Å². The molecule has 112 valence electrons. The van der Waals surface area contributed by atoms with Crippen LogP contribution in [0.15, 0.2) is 6.07 Å². The van der Waals surface area contributed by atoms with Gasteiger partial charge in [0.05, 0.1) is 16.9 Å². The third kappa shape index (κ3) is 4.47. The molecule has 2 rings (SSSR count). The van der Waals surface area contributed by atoms with E-state index in [1.807, 2.05) is 0 Å². The molecule has 1 heterocycles. The fourth-order valence-electron chi connectivity index (χ4n) is 2.47. The highest BCUT2D eigenvalue weighted by Crippen LogP contribution is 2.28. The predicted molar refractivity (Wildman–Crippen MR) is 84.0 cm³/mol. The minimum absolute atomic E-state index is 0.0318. The van der Waals surface area contributed by atoms with E-state index < -0.39 is 0 Å². The number of methoxy groups -OCH3 is 1. The highest BCUT2D eigenvalue weighted by Gasteiger charge is 2.16. The molecule has 0 saturated carbocycles. The summed E-state index contributed by atoms with van der Waals surface area (Å²) in [5.41, 5.74) is 1.38. The number of hydrogen-bond acceptors (Lipinski definition) is 3. The third-order valence-electron chi connectivity index (χ3n) is 3.56. The Bertz CT molecular complexity index is 424. The Morgan fingerprint density at radius 1 is 1.45 bits per heavy atom. The van der Waals surface area contributed by atoms with Crippen molar-refractivity contribution in [2.75, 3.05) is 20.3 Å². The van der Waals surface area contributed by atoms with Crippen molar-refractivity contribution in [3.05, 3.63) is 21.4 Å².